The Kier molecular flexibility index (Phi) is 6.51. The van der Waals surface area contributed by atoms with Crippen molar-refractivity contribution in [3.63, 3.8) is 0 Å². The van der Waals surface area contributed by atoms with Crippen molar-refractivity contribution in [2.75, 3.05) is 11.9 Å². The van der Waals surface area contributed by atoms with E-state index >= 15 is 0 Å². The van der Waals surface area contributed by atoms with E-state index < -0.39 is 0 Å². The van der Waals surface area contributed by atoms with Gasteiger partial charge in [-0.2, -0.15) is 0 Å². The first kappa shape index (κ1) is 19.0. The molecule has 0 saturated heterocycles. The molecule has 138 valence electrons. The minimum Gasteiger partial charge on any atom is -0.352 e. The van der Waals surface area contributed by atoms with Crippen LogP contribution >= 0.6 is 22.9 Å². The van der Waals surface area contributed by atoms with E-state index in [-0.39, 0.29) is 24.8 Å². The molecule has 0 spiro atoms. The van der Waals surface area contributed by atoms with Crippen LogP contribution in [0.25, 0.3) is 0 Å². The highest BCUT2D eigenvalue weighted by Crippen LogP contribution is 2.19. The molecule has 0 saturated carbocycles. The van der Waals surface area contributed by atoms with Crippen LogP contribution < -0.4 is 10.6 Å². The normalized spacial score (nSPS) is 10.4. The lowest BCUT2D eigenvalue weighted by molar-refractivity contribution is -0.116. The van der Waals surface area contributed by atoms with Gasteiger partial charge in [0.1, 0.15) is 5.01 Å². The fourth-order valence-corrected chi connectivity index (χ4v) is 3.23. The molecule has 3 rings (SSSR count). The Labute approximate surface area is 165 Å². The molecule has 0 bridgehead atoms. The number of amides is 2. The number of aromatic nitrogens is 2. The zero-order valence-corrected chi connectivity index (χ0v) is 15.9. The Bertz CT molecular complexity index is 913. The predicted octanol–water partition coefficient (Wildman–Crippen LogP) is 3.54. The Hall–Kier alpha value is -2.77. The first-order valence-corrected chi connectivity index (χ1v) is 9.49. The fraction of sp³-hybridized carbons (Fsp3) is 0.158. The van der Waals surface area contributed by atoms with Gasteiger partial charge in [0, 0.05) is 30.0 Å². The largest absolute Gasteiger partial charge is 0.352 e. The van der Waals surface area contributed by atoms with Crippen LogP contribution in [0.3, 0.4) is 0 Å². The zero-order valence-electron chi connectivity index (χ0n) is 14.3. The first-order chi connectivity index (χ1) is 13.1. The summed E-state index contributed by atoms with van der Waals surface area (Å²) in [4.78, 5) is 23.9. The van der Waals surface area contributed by atoms with E-state index in [1.165, 1.54) is 11.3 Å². The average molecular weight is 401 g/mol. The van der Waals surface area contributed by atoms with Gasteiger partial charge in [-0.3, -0.25) is 9.59 Å². The molecule has 2 N–H and O–H groups in total. The summed E-state index contributed by atoms with van der Waals surface area (Å²) in [6.45, 7) is 0.246. The first-order valence-electron chi connectivity index (χ1n) is 8.30. The second kappa shape index (κ2) is 9.25. The molecule has 2 aromatic carbocycles. The van der Waals surface area contributed by atoms with Gasteiger partial charge in [-0.05, 0) is 29.8 Å². The zero-order chi connectivity index (χ0) is 19.1. The van der Waals surface area contributed by atoms with Gasteiger partial charge >= 0.3 is 0 Å². The van der Waals surface area contributed by atoms with Crippen molar-refractivity contribution in [3.8, 4) is 0 Å². The van der Waals surface area contributed by atoms with Crippen molar-refractivity contribution in [1.29, 1.82) is 0 Å². The Morgan fingerprint density at radius 2 is 1.74 bits per heavy atom. The Morgan fingerprint density at radius 3 is 2.48 bits per heavy atom. The average Bonchev–Trinajstić information content (AvgIpc) is 3.11. The molecule has 0 aliphatic heterocycles. The molecule has 8 heteroatoms. The van der Waals surface area contributed by atoms with E-state index in [9.17, 15) is 9.59 Å². The summed E-state index contributed by atoms with van der Waals surface area (Å²) in [6.07, 6.45) is 0.780. The molecule has 1 aromatic heterocycles. The van der Waals surface area contributed by atoms with Crippen molar-refractivity contribution in [2.45, 2.75) is 12.8 Å². The van der Waals surface area contributed by atoms with Gasteiger partial charge in [-0.25, -0.2) is 0 Å². The summed E-state index contributed by atoms with van der Waals surface area (Å²) in [5.74, 6) is -0.429. The molecule has 0 unspecified atom stereocenters. The van der Waals surface area contributed by atoms with Gasteiger partial charge < -0.3 is 10.6 Å². The number of halogens is 1. The lowest BCUT2D eigenvalue weighted by atomic mass is 10.2. The molecule has 0 aliphatic rings. The van der Waals surface area contributed by atoms with Crippen LogP contribution in [0.4, 0.5) is 5.13 Å². The van der Waals surface area contributed by atoms with Crippen molar-refractivity contribution in [2.24, 2.45) is 0 Å². The summed E-state index contributed by atoms with van der Waals surface area (Å²) in [7, 11) is 0. The van der Waals surface area contributed by atoms with E-state index in [2.05, 4.69) is 20.8 Å². The van der Waals surface area contributed by atoms with Crippen LogP contribution in [0.1, 0.15) is 27.3 Å². The number of hydrogen-bond donors (Lipinski definition) is 2. The minimum atomic E-state index is -0.224. The molecule has 0 atom stereocenters. The van der Waals surface area contributed by atoms with Crippen molar-refractivity contribution < 1.29 is 9.59 Å². The van der Waals surface area contributed by atoms with Crippen LogP contribution in [0.5, 0.6) is 0 Å². The number of anilines is 1. The number of nitrogens with one attached hydrogen (secondary N) is 2. The summed E-state index contributed by atoms with van der Waals surface area (Å²) >= 11 is 7.20. The maximum Gasteiger partial charge on any atom is 0.251 e. The molecule has 3 aromatic rings. The Morgan fingerprint density at radius 1 is 1.00 bits per heavy atom. The number of rotatable bonds is 7. The SMILES string of the molecule is O=C(CCNC(=O)c1ccccc1)Nc1nnc(Cc2ccc(Cl)cc2)s1. The topological polar surface area (TPSA) is 84.0 Å². The van der Waals surface area contributed by atoms with E-state index in [1.807, 2.05) is 30.3 Å². The van der Waals surface area contributed by atoms with E-state index in [0.29, 0.717) is 22.1 Å². The Balaban J connectivity index is 1.44. The van der Waals surface area contributed by atoms with E-state index in [4.69, 9.17) is 11.6 Å². The highest BCUT2D eigenvalue weighted by atomic mass is 35.5. The molecule has 2 amide bonds. The van der Waals surface area contributed by atoms with Crippen LogP contribution in [-0.4, -0.2) is 28.6 Å². The highest BCUT2D eigenvalue weighted by Gasteiger charge is 2.10. The van der Waals surface area contributed by atoms with E-state index in [0.717, 1.165) is 10.6 Å². The quantitative estimate of drug-likeness (QED) is 0.635. The number of hydrogen-bond acceptors (Lipinski definition) is 5. The standard InChI is InChI=1S/C19H17ClN4O2S/c20-15-8-6-13(7-9-15)12-17-23-24-19(27-17)22-16(25)10-11-21-18(26)14-4-2-1-3-5-14/h1-9H,10-12H2,(H,21,26)(H,22,24,25). The lowest BCUT2D eigenvalue weighted by Gasteiger charge is -2.04. The van der Waals surface area contributed by atoms with Crippen LogP contribution in [0.2, 0.25) is 5.02 Å². The van der Waals surface area contributed by atoms with Crippen molar-refractivity contribution >= 4 is 39.9 Å². The second-order valence-electron chi connectivity index (χ2n) is 5.72. The maximum atomic E-state index is 12.0. The second-order valence-corrected chi connectivity index (χ2v) is 7.22. The molecule has 27 heavy (non-hydrogen) atoms. The minimum absolute atomic E-state index is 0.157. The van der Waals surface area contributed by atoms with Gasteiger partial charge in [0.05, 0.1) is 0 Å². The number of nitrogens with zero attached hydrogens (tertiary/aromatic N) is 2. The van der Waals surface area contributed by atoms with Crippen molar-refractivity contribution in [3.05, 3.63) is 75.8 Å². The molecule has 1 heterocycles. The third kappa shape index (κ3) is 5.87. The molecule has 0 aliphatic carbocycles. The number of carbonyl (C=O) groups excluding carboxylic acids is 2. The molecular formula is C19H17ClN4O2S. The van der Waals surface area contributed by atoms with E-state index in [1.54, 1.807) is 24.3 Å². The smallest absolute Gasteiger partial charge is 0.251 e. The van der Waals surface area contributed by atoms with Gasteiger partial charge in [0.25, 0.3) is 5.91 Å². The monoisotopic (exact) mass is 400 g/mol. The van der Waals surface area contributed by atoms with Crippen LogP contribution in [0, 0.1) is 0 Å². The molecule has 0 fully saturated rings. The molecule has 0 radical (unpaired) electrons. The van der Waals surface area contributed by atoms with Crippen LogP contribution in [0.15, 0.2) is 54.6 Å². The van der Waals surface area contributed by atoms with Gasteiger partial charge in [0.2, 0.25) is 11.0 Å². The summed E-state index contributed by atoms with van der Waals surface area (Å²) in [5.41, 5.74) is 1.63. The summed E-state index contributed by atoms with van der Waals surface area (Å²) < 4.78 is 0. The summed E-state index contributed by atoms with van der Waals surface area (Å²) in [6, 6.07) is 16.4. The lowest BCUT2D eigenvalue weighted by Crippen LogP contribution is -2.27. The van der Waals surface area contributed by atoms with Gasteiger partial charge in [0.15, 0.2) is 0 Å². The maximum absolute atomic E-state index is 12.0. The van der Waals surface area contributed by atoms with Crippen molar-refractivity contribution in [1.82, 2.24) is 15.5 Å². The van der Waals surface area contributed by atoms with Gasteiger partial charge in [-0.15, -0.1) is 10.2 Å². The third-order valence-corrected chi connectivity index (χ3v) is 4.75. The summed E-state index contributed by atoms with van der Waals surface area (Å²) in [5, 5.41) is 15.4. The number of carbonyl (C=O) groups is 2. The number of benzene rings is 2. The van der Waals surface area contributed by atoms with Crippen LogP contribution in [-0.2, 0) is 11.2 Å². The molecular weight excluding hydrogens is 384 g/mol. The van der Waals surface area contributed by atoms with Gasteiger partial charge in [-0.1, -0.05) is 53.3 Å². The molecule has 6 nitrogen and oxygen atoms in total. The third-order valence-electron chi connectivity index (χ3n) is 3.66. The highest BCUT2D eigenvalue weighted by molar-refractivity contribution is 7.15. The predicted molar refractivity (Wildman–Crippen MR) is 106 cm³/mol. The fourth-order valence-electron chi connectivity index (χ4n) is 2.32.